The Hall–Kier alpha value is -0.720. The number of halogens is 1. The second-order valence-corrected chi connectivity index (χ2v) is 6.75. The van der Waals surface area contributed by atoms with Crippen LogP contribution in [0.15, 0.2) is 12.3 Å². The first-order valence-corrected chi connectivity index (χ1v) is 7.49. The van der Waals surface area contributed by atoms with Crippen LogP contribution in [-0.4, -0.2) is 37.9 Å². The van der Waals surface area contributed by atoms with E-state index in [-0.39, 0.29) is 5.28 Å². The summed E-state index contributed by atoms with van der Waals surface area (Å²) >= 11 is 5.73. The summed E-state index contributed by atoms with van der Waals surface area (Å²) in [5.74, 6) is 0. The van der Waals surface area contributed by atoms with Gasteiger partial charge in [0.2, 0.25) is 5.28 Å². The smallest absolute Gasteiger partial charge is 0.222 e. The fraction of sp³-hybridized carbons (Fsp3) is 0.600. The third-order valence-corrected chi connectivity index (χ3v) is 5.32. The lowest BCUT2D eigenvalue weighted by Gasteiger charge is -2.34. The van der Waals surface area contributed by atoms with Crippen molar-refractivity contribution in [3.63, 3.8) is 0 Å². The normalized spacial score (nSPS) is 20.1. The van der Waals surface area contributed by atoms with Crippen LogP contribution in [-0.2, 0) is 19.3 Å². The van der Waals surface area contributed by atoms with Crippen molar-refractivity contribution in [2.24, 2.45) is 0 Å². The zero-order valence-electron chi connectivity index (χ0n) is 9.39. The van der Waals surface area contributed by atoms with Crippen LogP contribution in [0.4, 0.5) is 0 Å². The number of ether oxygens (including phenoxy) is 1. The first-order valence-electron chi connectivity index (χ1n) is 5.22. The van der Waals surface area contributed by atoms with Crippen LogP contribution in [0, 0.1) is 0 Å². The third-order valence-electron chi connectivity index (χ3n) is 3.10. The summed E-state index contributed by atoms with van der Waals surface area (Å²) in [6, 6.07) is 1.61. The van der Waals surface area contributed by atoms with Crippen LogP contribution >= 0.6 is 11.6 Å². The van der Waals surface area contributed by atoms with Gasteiger partial charge in [0, 0.05) is 25.7 Å². The predicted molar refractivity (Wildman–Crippen MR) is 63.6 cm³/mol. The Bertz CT molecular complexity index is 512. The van der Waals surface area contributed by atoms with Crippen molar-refractivity contribution >= 4 is 21.4 Å². The van der Waals surface area contributed by atoms with Gasteiger partial charge in [-0.3, -0.25) is 0 Å². The van der Waals surface area contributed by atoms with Gasteiger partial charge in [-0.25, -0.2) is 18.4 Å². The number of hydrogen-bond donors (Lipinski definition) is 0. The lowest BCUT2D eigenvalue weighted by atomic mass is 9.95. The maximum absolute atomic E-state index is 12.1. The predicted octanol–water partition coefficient (Wildman–Crippen LogP) is 1.18. The van der Waals surface area contributed by atoms with E-state index in [1.165, 1.54) is 12.5 Å². The molecule has 5 nitrogen and oxygen atoms in total. The van der Waals surface area contributed by atoms with E-state index in [0.717, 1.165) is 0 Å². The zero-order chi connectivity index (χ0) is 12.5. The lowest BCUT2D eigenvalue weighted by molar-refractivity contribution is 0.0731. The second-order valence-electron chi connectivity index (χ2n) is 4.09. The minimum Gasteiger partial charge on any atom is -0.381 e. The maximum Gasteiger partial charge on any atom is 0.222 e. The minimum atomic E-state index is -3.29. The maximum atomic E-state index is 12.1. The molecule has 17 heavy (non-hydrogen) atoms. The topological polar surface area (TPSA) is 69.2 Å². The summed E-state index contributed by atoms with van der Waals surface area (Å²) in [6.45, 7) is 0.823. The second kappa shape index (κ2) is 4.51. The molecule has 0 radical (unpaired) electrons. The fourth-order valence-electron chi connectivity index (χ4n) is 2.11. The Kier molecular flexibility index (Phi) is 3.38. The third kappa shape index (κ3) is 2.29. The van der Waals surface area contributed by atoms with Crippen LogP contribution < -0.4 is 0 Å². The Balaban J connectivity index is 2.54. The molecule has 0 atom stereocenters. The molecule has 1 aliphatic heterocycles. The van der Waals surface area contributed by atoms with Gasteiger partial charge in [0.25, 0.3) is 0 Å². The highest BCUT2D eigenvalue weighted by atomic mass is 35.5. The number of nitrogens with zero attached hydrogens (tertiary/aromatic N) is 2. The van der Waals surface area contributed by atoms with Crippen molar-refractivity contribution in [3.8, 4) is 0 Å². The molecule has 1 aromatic heterocycles. The van der Waals surface area contributed by atoms with Gasteiger partial charge in [-0.1, -0.05) is 0 Å². The van der Waals surface area contributed by atoms with Crippen LogP contribution in [0.2, 0.25) is 5.28 Å². The molecule has 2 rings (SSSR count). The molecule has 7 heteroatoms. The van der Waals surface area contributed by atoms with Gasteiger partial charge in [0.1, 0.15) is 4.75 Å². The largest absolute Gasteiger partial charge is 0.381 e. The zero-order valence-corrected chi connectivity index (χ0v) is 11.0. The van der Waals surface area contributed by atoms with Crippen molar-refractivity contribution in [1.29, 1.82) is 0 Å². The van der Waals surface area contributed by atoms with E-state index in [1.807, 2.05) is 0 Å². The van der Waals surface area contributed by atoms with Crippen LogP contribution in [0.25, 0.3) is 0 Å². The summed E-state index contributed by atoms with van der Waals surface area (Å²) in [5.41, 5.74) is 0.461. The average Bonchev–Trinajstić information content (AvgIpc) is 2.28. The van der Waals surface area contributed by atoms with Crippen molar-refractivity contribution < 1.29 is 13.2 Å². The van der Waals surface area contributed by atoms with Crippen LogP contribution in [0.1, 0.15) is 18.5 Å². The van der Waals surface area contributed by atoms with Gasteiger partial charge in [-0.05, 0) is 30.5 Å². The highest BCUT2D eigenvalue weighted by Crippen LogP contribution is 2.38. The Labute approximate surface area is 105 Å². The van der Waals surface area contributed by atoms with E-state index in [0.29, 0.717) is 31.7 Å². The molecule has 1 saturated heterocycles. The molecule has 0 aliphatic carbocycles. The quantitative estimate of drug-likeness (QED) is 0.759. The standard InChI is InChI=1S/C10H13ClN2O3S/c1-17(14,15)10(3-6-16-7-4-10)8-2-5-12-9(11)13-8/h2,5H,3-4,6-7H2,1H3. The summed E-state index contributed by atoms with van der Waals surface area (Å²) in [7, 11) is -3.29. The van der Waals surface area contributed by atoms with Gasteiger partial charge >= 0.3 is 0 Å². The van der Waals surface area contributed by atoms with Gasteiger partial charge in [-0.2, -0.15) is 0 Å². The SMILES string of the molecule is CS(=O)(=O)C1(c2ccnc(Cl)n2)CCOCC1. The van der Waals surface area contributed by atoms with E-state index in [9.17, 15) is 8.42 Å². The van der Waals surface area contributed by atoms with E-state index in [2.05, 4.69) is 9.97 Å². The highest BCUT2D eigenvalue weighted by molar-refractivity contribution is 7.91. The first kappa shape index (κ1) is 12.7. The average molecular weight is 277 g/mol. The van der Waals surface area contributed by atoms with Crippen LogP contribution in [0.3, 0.4) is 0 Å². The number of sulfone groups is 1. The molecule has 0 saturated carbocycles. The summed E-state index contributed by atoms with van der Waals surface area (Å²) in [6.07, 6.45) is 3.51. The summed E-state index contributed by atoms with van der Waals surface area (Å²) in [5, 5.41) is 0.0667. The number of aromatic nitrogens is 2. The summed E-state index contributed by atoms with van der Waals surface area (Å²) in [4.78, 5) is 7.83. The molecule has 0 N–H and O–H groups in total. The fourth-order valence-corrected chi connectivity index (χ4v) is 3.66. The molecule has 0 amide bonds. The van der Waals surface area contributed by atoms with E-state index in [4.69, 9.17) is 16.3 Å². The van der Waals surface area contributed by atoms with Gasteiger partial charge < -0.3 is 4.74 Å². The molecular formula is C10H13ClN2O3S. The minimum absolute atomic E-state index is 0.0667. The molecule has 94 valence electrons. The van der Waals surface area contributed by atoms with E-state index in [1.54, 1.807) is 6.07 Å². The molecule has 0 bridgehead atoms. The molecular weight excluding hydrogens is 264 g/mol. The number of hydrogen-bond acceptors (Lipinski definition) is 5. The van der Waals surface area contributed by atoms with Gasteiger partial charge in [0.05, 0.1) is 5.69 Å². The molecule has 1 aromatic rings. The van der Waals surface area contributed by atoms with Crippen molar-refractivity contribution in [2.75, 3.05) is 19.5 Å². The van der Waals surface area contributed by atoms with Crippen molar-refractivity contribution in [2.45, 2.75) is 17.6 Å². The molecule has 0 unspecified atom stereocenters. The Morgan fingerprint density at radius 1 is 1.41 bits per heavy atom. The van der Waals surface area contributed by atoms with Crippen LogP contribution in [0.5, 0.6) is 0 Å². The van der Waals surface area contributed by atoms with Gasteiger partial charge in [-0.15, -0.1) is 0 Å². The lowest BCUT2D eigenvalue weighted by Crippen LogP contribution is -2.41. The van der Waals surface area contributed by atoms with E-state index < -0.39 is 14.6 Å². The summed E-state index contributed by atoms with van der Waals surface area (Å²) < 4.78 is 28.4. The Morgan fingerprint density at radius 3 is 2.59 bits per heavy atom. The Morgan fingerprint density at radius 2 is 2.06 bits per heavy atom. The molecule has 1 fully saturated rings. The highest BCUT2D eigenvalue weighted by Gasteiger charge is 2.45. The monoisotopic (exact) mass is 276 g/mol. The van der Waals surface area contributed by atoms with Gasteiger partial charge in [0.15, 0.2) is 9.84 Å². The van der Waals surface area contributed by atoms with Crippen molar-refractivity contribution in [3.05, 3.63) is 23.2 Å². The first-order chi connectivity index (χ1) is 7.96. The molecule has 2 heterocycles. The van der Waals surface area contributed by atoms with E-state index >= 15 is 0 Å². The van der Waals surface area contributed by atoms with Crippen molar-refractivity contribution in [1.82, 2.24) is 9.97 Å². The molecule has 0 spiro atoms. The molecule has 0 aromatic carbocycles. The number of rotatable bonds is 2. The molecule has 1 aliphatic rings.